The number of sulfonamides is 1. The van der Waals surface area contributed by atoms with Crippen molar-refractivity contribution in [3.8, 4) is 5.75 Å². The van der Waals surface area contributed by atoms with Gasteiger partial charge in [-0.15, -0.1) is 0 Å². The number of anilines is 1. The molecule has 0 aromatic heterocycles. The van der Waals surface area contributed by atoms with E-state index in [1.807, 2.05) is 49.5 Å². The van der Waals surface area contributed by atoms with Gasteiger partial charge in [0.1, 0.15) is 10.6 Å². The van der Waals surface area contributed by atoms with Gasteiger partial charge in [0.05, 0.1) is 19.6 Å². The van der Waals surface area contributed by atoms with Crippen LogP contribution in [0.3, 0.4) is 0 Å². The summed E-state index contributed by atoms with van der Waals surface area (Å²) in [7, 11) is -0.619. The van der Waals surface area contributed by atoms with E-state index in [2.05, 4.69) is 20.7 Å². The van der Waals surface area contributed by atoms with Crippen LogP contribution in [0.1, 0.15) is 35.6 Å². The minimum Gasteiger partial charge on any atom is -0.495 e. The molecule has 0 heterocycles. The Morgan fingerprint density at radius 2 is 1.88 bits per heavy atom. The van der Waals surface area contributed by atoms with Gasteiger partial charge in [0.25, 0.3) is 10.0 Å². The summed E-state index contributed by atoms with van der Waals surface area (Å²) in [5.74, 6) is 0.298. The molecule has 34 heavy (non-hydrogen) atoms. The second-order valence-corrected chi connectivity index (χ2v) is 11.0. The number of hydrogen-bond acceptors (Lipinski definition) is 4. The van der Waals surface area contributed by atoms with Gasteiger partial charge in [0, 0.05) is 17.2 Å². The van der Waals surface area contributed by atoms with Crippen LogP contribution >= 0.6 is 15.9 Å². The number of hydrogen-bond donors (Lipinski definition) is 1. The highest BCUT2D eigenvalue weighted by Crippen LogP contribution is 2.36. The lowest BCUT2D eigenvalue weighted by atomic mass is 9.86. The molecular formula is C26H27BrN2O4S. The predicted octanol–water partition coefficient (Wildman–Crippen LogP) is 5.34. The molecule has 1 N–H and O–H groups in total. The summed E-state index contributed by atoms with van der Waals surface area (Å²) in [4.78, 5) is 14.9. The van der Waals surface area contributed by atoms with Crippen molar-refractivity contribution in [1.82, 2.24) is 4.90 Å². The summed E-state index contributed by atoms with van der Waals surface area (Å²) >= 11 is 3.33. The van der Waals surface area contributed by atoms with E-state index in [9.17, 15) is 13.2 Å². The van der Waals surface area contributed by atoms with Crippen LogP contribution in [0.15, 0.2) is 76.1 Å². The highest BCUT2D eigenvalue weighted by atomic mass is 79.9. The lowest BCUT2D eigenvalue weighted by molar-refractivity contribution is -0.131. The van der Waals surface area contributed by atoms with Crippen molar-refractivity contribution >= 4 is 37.5 Å². The van der Waals surface area contributed by atoms with E-state index in [1.165, 1.54) is 13.2 Å². The predicted molar refractivity (Wildman–Crippen MR) is 137 cm³/mol. The molecule has 1 aliphatic carbocycles. The molecule has 1 amide bonds. The molecule has 3 aromatic rings. The van der Waals surface area contributed by atoms with Crippen LogP contribution in [0.5, 0.6) is 5.75 Å². The zero-order valence-corrected chi connectivity index (χ0v) is 21.5. The van der Waals surface area contributed by atoms with Crippen molar-refractivity contribution in [2.24, 2.45) is 0 Å². The Balaban J connectivity index is 1.60. The number of carbonyl (C=O) groups is 1. The zero-order valence-electron chi connectivity index (χ0n) is 19.1. The van der Waals surface area contributed by atoms with Gasteiger partial charge >= 0.3 is 0 Å². The normalized spacial score (nSPS) is 15.3. The van der Waals surface area contributed by atoms with Gasteiger partial charge in [0.15, 0.2) is 0 Å². The molecule has 1 aliphatic rings. The van der Waals surface area contributed by atoms with E-state index >= 15 is 0 Å². The summed E-state index contributed by atoms with van der Waals surface area (Å²) in [5, 5.41) is 0. The fourth-order valence-electron chi connectivity index (χ4n) is 4.38. The van der Waals surface area contributed by atoms with Gasteiger partial charge < -0.3 is 9.64 Å². The molecule has 6 nitrogen and oxygen atoms in total. The van der Waals surface area contributed by atoms with Crippen LogP contribution in [-0.2, 0) is 27.7 Å². The van der Waals surface area contributed by atoms with Gasteiger partial charge in [-0.3, -0.25) is 9.52 Å². The SMILES string of the molecule is COc1ccc(Br)cc1S(=O)(=O)Nc1ccc2c(c1)C(N(C)C(=O)Cc1ccccc1)CCC2. The first kappa shape index (κ1) is 24.3. The number of methoxy groups -OCH3 is 1. The molecule has 4 rings (SSSR count). The number of carbonyl (C=O) groups excluding carboxylic acids is 1. The molecule has 0 aliphatic heterocycles. The largest absolute Gasteiger partial charge is 0.495 e. The second-order valence-electron chi connectivity index (χ2n) is 8.39. The molecule has 1 unspecified atom stereocenters. The van der Waals surface area contributed by atoms with E-state index in [0.717, 1.165) is 36.0 Å². The maximum Gasteiger partial charge on any atom is 0.265 e. The smallest absolute Gasteiger partial charge is 0.265 e. The minimum absolute atomic E-state index is 0.0360. The number of halogens is 1. The lowest BCUT2D eigenvalue weighted by Crippen LogP contribution is -2.34. The number of fused-ring (bicyclic) bond motifs is 1. The Kier molecular flexibility index (Phi) is 7.28. The van der Waals surface area contributed by atoms with Crippen molar-refractivity contribution in [3.63, 3.8) is 0 Å². The van der Waals surface area contributed by atoms with E-state index in [4.69, 9.17) is 4.74 Å². The molecule has 1 atom stereocenters. The molecule has 0 bridgehead atoms. The Morgan fingerprint density at radius 3 is 2.62 bits per heavy atom. The van der Waals surface area contributed by atoms with Gasteiger partial charge in [0.2, 0.25) is 5.91 Å². The maximum atomic E-state index is 13.2. The molecular weight excluding hydrogens is 516 g/mol. The number of ether oxygens (including phenoxy) is 1. The van der Waals surface area contributed by atoms with Gasteiger partial charge in [-0.2, -0.15) is 0 Å². The van der Waals surface area contributed by atoms with Crippen LogP contribution in [0, 0.1) is 0 Å². The van der Waals surface area contributed by atoms with E-state index in [1.54, 1.807) is 23.1 Å². The fraction of sp³-hybridized carbons (Fsp3) is 0.269. The van der Waals surface area contributed by atoms with Crippen molar-refractivity contribution in [1.29, 1.82) is 0 Å². The molecule has 178 valence electrons. The van der Waals surface area contributed by atoms with Crippen LogP contribution < -0.4 is 9.46 Å². The highest BCUT2D eigenvalue weighted by Gasteiger charge is 2.28. The molecule has 8 heteroatoms. The monoisotopic (exact) mass is 542 g/mol. The molecule has 3 aromatic carbocycles. The number of nitrogens with zero attached hydrogens (tertiary/aromatic N) is 1. The summed E-state index contributed by atoms with van der Waals surface area (Å²) in [6, 6.07) is 20.0. The van der Waals surface area contributed by atoms with Gasteiger partial charge in [-0.1, -0.05) is 52.3 Å². The number of likely N-dealkylation sites (N-methyl/N-ethyl adjacent to an activating group) is 1. The Bertz CT molecular complexity index is 1300. The Morgan fingerprint density at radius 1 is 1.12 bits per heavy atom. The van der Waals surface area contributed by atoms with E-state index < -0.39 is 10.0 Å². The zero-order chi connectivity index (χ0) is 24.3. The van der Waals surface area contributed by atoms with Gasteiger partial charge in [-0.25, -0.2) is 8.42 Å². The number of aryl methyl sites for hydroxylation is 1. The second kappa shape index (κ2) is 10.2. The van der Waals surface area contributed by atoms with Crippen LogP contribution in [-0.4, -0.2) is 33.4 Å². The first-order valence-electron chi connectivity index (χ1n) is 11.1. The minimum atomic E-state index is -3.89. The fourth-order valence-corrected chi connectivity index (χ4v) is 6.14. The summed E-state index contributed by atoms with van der Waals surface area (Å²) in [6.45, 7) is 0. The van der Waals surface area contributed by atoms with Crippen LogP contribution in [0.2, 0.25) is 0 Å². The van der Waals surface area contributed by atoms with Crippen molar-refractivity contribution in [2.75, 3.05) is 18.9 Å². The summed E-state index contributed by atoms with van der Waals surface area (Å²) in [6.07, 6.45) is 3.04. The lowest BCUT2D eigenvalue weighted by Gasteiger charge is -2.34. The molecule has 0 saturated carbocycles. The summed E-state index contributed by atoms with van der Waals surface area (Å²) < 4.78 is 34.9. The summed E-state index contributed by atoms with van der Waals surface area (Å²) in [5.41, 5.74) is 3.55. The molecule has 0 spiro atoms. The Labute approximate surface area is 209 Å². The third-order valence-corrected chi connectivity index (χ3v) is 8.05. The number of rotatable bonds is 7. The maximum absolute atomic E-state index is 13.2. The van der Waals surface area contributed by atoms with Crippen LogP contribution in [0.25, 0.3) is 0 Å². The average Bonchev–Trinajstić information content (AvgIpc) is 2.83. The van der Waals surface area contributed by atoms with Crippen molar-refractivity contribution < 1.29 is 17.9 Å². The first-order valence-corrected chi connectivity index (χ1v) is 13.3. The first-order chi connectivity index (χ1) is 16.3. The topological polar surface area (TPSA) is 75.7 Å². The Hall–Kier alpha value is -2.84. The van der Waals surface area contributed by atoms with Crippen LogP contribution in [0.4, 0.5) is 5.69 Å². The number of benzene rings is 3. The van der Waals surface area contributed by atoms with Crippen molar-refractivity contribution in [2.45, 2.75) is 36.6 Å². The average molecular weight is 543 g/mol. The van der Waals surface area contributed by atoms with E-state index in [0.29, 0.717) is 16.6 Å². The van der Waals surface area contributed by atoms with E-state index in [-0.39, 0.29) is 22.6 Å². The third kappa shape index (κ3) is 5.28. The molecule has 0 fully saturated rings. The molecule has 0 radical (unpaired) electrons. The highest BCUT2D eigenvalue weighted by molar-refractivity contribution is 9.10. The van der Waals surface area contributed by atoms with Crippen molar-refractivity contribution in [3.05, 3.63) is 87.9 Å². The number of amides is 1. The quantitative estimate of drug-likeness (QED) is 0.437. The molecule has 0 saturated heterocycles. The van der Waals surface area contributed by atoms with Gasteiger partial charge in [-0.05, 0) is 66.3 Å². The third-order valence-electron chi connectivity index (χ3n) is 6.16. The standard InChI is InChI=1S/C26H27BrN2O4S/c1-29(26(30)15-18-7-4-3-5-8-18)23-10-6-9-19-11-13-21(17-22(19)23)28-34(31,32)25-16-20(27)12-14-24(25)33-2/h3-5,7-8,11-14,16-17,23,28H,6,9-10,15H2,1-2H3. The number of nitrogens with one attached hydrogen (secondary N) is 1.